The number of benzene rings is 3. The van der Waals surface area contributed by atoms with E-state index in [-0.39, 0.29) is 21.4 Å². The molecular formula is C25H27ClN2O7S. The first-order chi connectivity index (χ1) is 17.1. The average Bonchev–Trinajstić information content (AvgIpc) is 2.87. The van der Waals surface area contributed by atoms with Gasteiger partial charge in [0, 0.05) is 6.07 Å². The lowest BCUT2D eigenvalue weighted by atomic mass is 10.2. The molecule has 1 amide bonds. The summed E-state index contributed by atoms with van der Waals surface area (Å²) in [5.41, 5.74) is 1.22. The van der Waals surface area contributed by atoms with Crippen LogP contribution < -0.4 is 28.6 Å². The lowest BCUT2D eigenvalue weighted by Gasteiger charge is -2.25. The zero-order valence-corrected chi connectivity index (χ0v) is 22.1. The fraction of sp³-hybridized carbons (Fsp3) is 0.240. The van der Waals surface area contributed by atoms with Gasteiger partial charge in [-0.05, 0) is 55.0 Å². The molecule has 1 N–H and O–H groups in total. The van der Waals surface area contributed by atoms with Gasteiger partial charge in [0.05, 0.1) is 44.8 Å². The van der Waals surface area contributed by atoms with Gasteiger partial charge in [0.2, 0.25) is 5.91 Å². The van der Waals surface area contributed by atoms with Crippen molar-refractivity contribution in [2.45, 2.75) is 11.8 Å². The Bertz CT molecular complexity index is 1360. The summed E-state index contributed by atoms with van der Waals surface area (Å²) in [4.78, 5) is 13.0. The topological polar surface area (TPSA) is 103 Å². The zero-order valence-electron chi connectivity index (χ0n) is 20.5. The number of carbonyl (C=O) groups excluding carboxylic acids is 1. The lowest BCUT2D eigenvalue weighted by Crippen LogP contribution is -2.38. The molecule has 0 bridgehead atoms. The van der Waals surface area contributed by atoms with E-state index in [1.165, 1.54) is 52.7 Å². The van der Waals surface area contributed by atoms with Gasteiger partial charge in [-0.25, -0.2) is 8.42 Å². The molecule has 0 atom stereocenters. The maximum Gasteiger partial charge on any atom is 0.268 e. The average molecular weight is 535 g/mol. The SMILES string of the molecule is COc1ccc(NC(=O)CN(c2ccc(OC)c(Cl)c2)S(=O)(=O)c2cc(C)ccc2OC)c(OC)c1. The number of aryl methyl sites for hydroxylation is 1. The zero-order chi connectivity index (χ0) is 26.5. The second kappa shape index (κ2) is 11.4. The van der Waals surface area contributed by atoms with Crippen LogP contribution in [0.4, 0.5) is 11.4 Å². The monoisotopic (exact) mass is 534 g/mol. The minimum Gasteiger partial charge on any atom is -0.497 e. The number of methoxy groups -OCH3 is 4. The summed E-state index contributed by atoms with van der Waals surface area (Å²) in [7, 11) is 1.51. The van der Waals surface area contributed by atoms with Gasteiger partial charge >= 0.3 is 0 Å². The molecule has 192 valence electrons. The molecule has 0 spiro atoms. The van der Waals surface area contributed by atoms with Crippen LogP contribution in [0.5, 0.6) is 23.0 Å². The van der Waals surface area contributed by atoms with E-state index in [0.29, 0.717) is 28.5 Å². The van der Waals surface area contributed by atoms with Gasteiger partial charge < -0.3 is 24.3 Å². The Kier molecular flexibility index (Phi) is 8.54. The highest BCUT2D eigenvalue weighted by Gasteiger charge is 2.31. The Morgan fingerprint density at radius 1 is 0.861 bits per heavy atom. The molecule has 3 aromatic carbocycles. The molecule has 0 heterocycles. The number of halogens is 1. The summed E-state index contributed by atoms with van der Waals surface area (Å²) in [5, 5.41) is 2.88. The molecular weight excluding hydrogens is 508 g/mol. The van der Waals surface area contributed by atoms with Gasteiger partial charge in [-0.3, -0.25) is 9.10 Å². The number of nitrogens with zero attached hydrogens (tertiary/aromatic N) is 1. The molecule has 36 heavy (non-hydrogen) atoms. The van der Waals surface area contributed by atoms with Crippen LogP contribution in [-0.2, 0) is 14.8 Å². The molecule has 11 heteroatoms. The summed E-state index contributed by atoms with van der Waals surface area (Å²) in [6.45, 7) is 1.20. The number of amides is 1. The minimum atomic E-state index is -4.27. The van der Waals surface area contributed by atoms with Gasteiger partial charge in [-0.1, -0.05) is 17.7 Å². The molecule has 0 fully saturated rings. The molecule has 0 aliphatic rings. The number of sulfonamides is 1. The summed E-state index contributed by atoms with van der Waals surface area (Å²) >= 11 is 6.29. The van der Waals surface area contributed by atoms with E-state index < -0.39 is 22.5 Å². The van der Waals surface area contributed by atoms with Crippen molar-refractivity contribution in [1.82, 2.24) is 0 Å². The standard InChI is InChI=1S/C25H27ClN2O7S/c1-16-6-10-22(34-4)24(12-16)36(30,31)28(17-7-11-21(33-3)19(26)13-17)15-25(29)27-20-9-8-18(32-2)14-23(20)35-5/h6-14H,15H2,1-5H3,(H,27,29). The third-order valence-electron chi connectivity index (χ3n) is 5.28. The molecule has 0 aliphatic carbocycles. The van der Waals surface area contributed by atoms with Crippen molar-refractivity contribution in [3.63, 3.8) is 0 Å². The molecule has 9 nitrogen and oxygen atoms in total. The van der Waals surface area contributed by atoms with Crippen molar-refractivity contribution >= 4 is 38.9 Å². The number of hydrogen-bond donors (Lipinski definition) is 1. The van der Waals surface area contributed by atoms with Crippen molar-refractivity contribution in [2.24, 2.45) is 0 Å². The summed E-state index contributed by atoms with van der Waals surface area (Å²) in [5.74, 6) is 0.778. The summed E-state index contributed by atoms with van der Waals surface area (Å²) in [6, 6.07) is 14.1. The fourth-order valence-electron chi connectivity index (χ4n) is 3.45. The van der Waals surface area contributed by atoms with E-state index in [4.69, 9.17) is 30.5 Å². The van der Waals surface area contributed by atoms with Crippen LogP contribution in [0.2, 0.25) is 5.02 Å². The van der Waals surface area contributed by atoms with Gasteiger partial charge in [0.1, 0.15) is 34.4 Å². The molecule has 0 unspecified atom stereocenters. The molecule has 0 aliphatic heterocycles. The first-order valence-corrected chi connectivity index (χ1v) is 12.5. The highest BCUT2D eigenvalue weighted by Crippen LogP contribution is 2.35. The van der Waals surface area contributed by atoms with Gasteiger partial charge in [0.25, 0.3) is 10.0 Å². The number of hydrogen-bond acceptors (Lipinski definition) is 7. The second-order valence-corrected chi connectivity index (χ2v) is 9.84. The highest BCUT2D eigenvalue weighted by atomic mass is 35.5. The second-order valence-electron chi connectivity index (χ2n) is 7.60. The van der Waals surface area contributed by atoms with Crippen LogP contribution >= 0.6 is 11.6 Å². The molecule has 3 aromatic rings. The van der Waals surface area contributed by atoms with Crippen molar-refractivity contribution in [3.8, 4) is 23.0 Å². The van der Waals surface area contributed by atoms with Crippen molar-refractivity contribution in [2.75, 3.05) is 44.6 Å². The Morgan fingerprint density at radius 3 is 2.14 bits per heavy atom. The minimum absolute atomic E-state index is 0.0910. The van der Waals surface area contributed by atoms with E-state index >= 15 is 0 Å². The molecule has 3 rings (SSSR count). The third kappa shape index (κ3) is 5.77. The van der Waals surface area contributed by atoms with Crippen molar-refractivity contribution < 1.29 is 32.2 Å². The molecule has 0 radical (unpaired) electrons. The molecule has 0 aromatic heterocycles. The Hall–Kier alpha value is -3.63. The van der Waals surface area contributed by atoms with E-state index in [0.717, 1.165) is 4.31 Å². The van der Waals surface area contributed by atoms with Crippen LogP contribution in [0.25, 0.3) is 0 Å². The first kappa shape index (κ1) is 27.0. The Balaban J connectivity index is 2.05. The predicted molar refractivity (Wildman–Crippen MR) is 138 cm³/mol. The van der Waals surface area contributed by atoms with E-state index in [2.05, 4.69) is 5.32 Å². The quantitative estimate of drug-likeness (QED) is 0.408. The van der Waals surface area contributed by atoms with Gasteiger partial charge in [0.15, 0.2) is 0 Å². The van der Waals surface area contributed by atoms with Crippen molar-refractivity contribution in [3.05, 3.63) is 65.2 Å². The summed E-state index contributed by atoms with van der Waals surface area (Å²) in [6.07, 6.45) is 0. The number of carbonyl (C=O) groups is 1. The van der Waals surface area contributed by atoms with Crippen molar-refractivity contribution in [1.29, 1.82) is 0 Å². The predicted octanol–water partition coefficient (Wildman–Crippen LogP) is 4.52. The van der Waals surface area contributed by atoms with Gasteiger partial charge in [-0.15, -0.1) is 0 Å². The van der Waals surface area contributed by atoms with E-state index in [1.54, 1.807) is 37.3 Å². The van der Waals surface area contributed by atoms with Crippen LogP contribution in [-0.4, -0.2) is 49.3 Å². The maximum absolute atomic E-state index is 13.9. The smallest absolute Gasteiger partial charge is 0.268 e. The number of anilines is 2. The largest absolute Gasteiger partial charge is 0.497 e. The fourth-order valence-corrected chi connectivity index (χ4v) is 5.36. The molecule has 0 saturated carbocycles. The third-order valence-corrected chi connectivity index (χ3v) is 7.37. The lowest BCUT2D eigenvalue weighted by molar-refractivity contribution is -0.114. The van der Waals surface area contributed by atoms with Crippen LogP contribution in [0, 0.1) is 6.92 Å². The first-order valence-electron chi connectivity index (χ1n) is 10.7. The summed E-state index contributed by atoms with van der Waals surface area (Å²) < 4.78 is 49.7. The number of nitrogens with one attached hydrogen (secondary N) is 1. The highest BCUT2D eigenvalue weighted by molar-refractivity contribution is 7.93. The van der Waals surface area contributed by atoms with Gasteiger partial charge in [-0.2, -0.15) is 0 Å². The van der Waals surface area contributed by atoms with Crippen LogP contribution in [0.3, 0.4) is 0 Å². The Morgan fingerprint density at radius 2 is 1.53 bits per heavy atom. The van der Waals surface area contributed by atoms with Crippen LogP contribution in [0.15, 0.2) is 59.5 Å². The van der Waals surface area contributed by atoms with E-state index in [9.17, 15) is 13.2 Å². The number of ether oxygens (including phenoxy) is 4. The van der Waals surface area contributed by atoms with E-state index in [1.807, 2.05) is 0 Å². The van der Waals surface area contributed by atoms with Crippen LogP contribution in [0.1, 0.15) is 5.56 Å². The normalized spacial score (nSPS) is 10.9. The molecule has 0 saturated heterocycles. The number of rotatable bonds is 10. The Labute approximate surface area is 215 Å². The maximum atomic E-state index is 13.9.